The minimum atomic E-state index is 0.421. The van der Waals surface area contributed by atoms with E-state index in [9.17, 15) is 0 Å². The van der Waals surface area contributed by atoms with Crippen molar-refractivity contribution < 1.29 is 0 Å². The van der Waals surface area contributed by atoms with Crippen LogP contribution >= 0.6 is 11.6 Å². The molecule has 0 saturated carbocycles. The summed E-state index contributed by atoms with van der Waals surface area (Å²) in [5.41, 5.74) is 1.65. The Morgan fingerprint density at radius 2 is 1.75 bits per heavy atom. The van der Waals surface area contributed by atoms with Crippen LogP contribution in [-0.4, -0.2) is 19.8 Å². The van der Waals surface area contributed by atoms with Gasteiger partial charge < -0.3 is 0 Å². The van der Waals surface area contributed by atoms with Gasteiger partial charge in [0.25, 0.3) is 0 Å². The van der Waals surface area contributed by atoms with E-state index in [-0.39, 0.29) is 0 Å². The first-order valence-electron chi connectivity index (χ1n) is 4.78. The van der Waals surface area contributed by atoms with Crippen LogP contribution in [0.1, 0.15) is 0 Å². The predicted octanol–water partition coefficient (Wildman–Crippen LogP) is 2.44. The largest absolute Gasteiger partial charge is 0.191 e. The Morgan fingerprint density at radius 3 is 2.56 bits per heavy atom. The average Bonchev–Trinajstić information content (AvgIpc) is 2.73. The van der Waals surface area contributed by atoms with E-state index in [1.165, 1.54) is 0 Å². The van der Waals surface area contributed by atoms with Crippen molar-refractivity contribution >= 4 is 17.2 Å². The van der Waals surface area contributed by atoms with Crippen molar-refractivity contribution in [1.29, 1.82) is 0 Å². The highest BCUT2D eigenvalue weighted by molar-refractivity contribution is 6.29. The summed E-state index contributed by atoms with van der Waals surface area (Å²) in [5.74, 6) is 0.693. The van der Waals surface area contributed by atoms with Crippen LogP contribution in [0.3, 0.4) is 0 Å². The van der Waals surface area contributed by atoms with Crippen molar-refractivity contribution in [3.05, 3.63) is 47.6 Å². The Hall–Kier alpha value is -1.94. The number of fused-ring (bicyclic) bond motifs is 1. The molecule has 2 aromatic heterocycles. The summed E-state index contributed by atoms with van der Waals surface area (Å²) in [4.78, 5) is 0. The van der Waals surface area contributed by atoms with Crippen molar-refractivity contribution in [2.24, 2.45) is 0 Å². The van der Waals surface area contributed by atoms with Gasteiger partial charge in [-0.2, -0.15) is 9.61 Å². The Bertz CT molecular complexity index is 633. The molecule has 78 valence electrons. The van der Waals surface area contributed by atoms with Gasteiger partial charge in [-0.3, -0.25) is 0 Å². The summed E-state index contributed by atoms with van der Waals surface area (Å²) in [5, 5.41) is 12.7. The van der Waals surface area contributed by atoms with Crippen LogP contribution in [0.5, 0.6) is 0 Å². The molecule has 4 nitrogen and oxygen atoms in total. The number of aromatic nitrogens is 4. The third-order valence-corrected chi connectivity index (χ3v) is 2.46. The van der Waals surface area contributed by atoms with E-state index in [1.807, 2.05) is 30.3 Å². The average molecular weight is 231 g/mol. The molecule has 2 heterocycles. The highest BCUT2D eigenvalue weighted by Crippen LogP contribution is 2.17. The van der Waals surface area contributed by atoms with Crippen LogP contribution in [-0.2, 0) is 0 Å². The molecule has 0 amide bonds. The van der Waals surface area contributed by atoms with Gasteiger partial charge in [-0.05, 0) is 12.1 Å². The Kier molecular flexibility index (Phi) is 2.08. The minimum absolute atomic E-state index is 0.421. The molecule has 3 aromatic rings. The van der Waals surface area contributed by atoms with Crippen molar-refractivity contribution in [2.75, 3.05) is 0 Å². The zero-order chi connectivity index (χ0) is 11.0. The predicted molar refractivity (Wildman–Crippen MR) is 61.2 cm³/mol. The standard InChI is InChI=1S/C11H7ClN4/c12-9-6-7-10-13-14-11(16(10)15-9)8-4-2-1-3-5-8/h1-7H. The first kappa shape index (κ1) is 9.30. The van der Waals surface area contributed by atoms with Gasteiger partial charge in [0.1, 0.15) is 5.15 Å². The van der Waals surface area contributed by atoms with E-state index in [4.69, 9.17) is 11.6 Å². The normalized spacial score (nSPS) is 10.8. The van der Waals surface area contributed by atoms with Gasteiger partial charge in [0.05, 0.1) is 0 Å². The van der Waals surface area contributed by atoms with E-state index < -0.39 is 0 Å². The van der Waals surface area contributed by atoms with Gasteiger partial charge in [-0.15, -0.1) is 10.2 Å². The lowest BCUT2D eigenvalue weighted by Gasteiger charge is -1.98. The fourth-order valence-electron chi connectivity index (χ4n) is 1.53. The van der Waals surface area contributed by atoms with Crippen molar-refractivity contribution in [2.45, 2.75) is 0 Å². The van der Waals surface area contributed by atoms with E-state index in [0.717, 1.165) is 5.56 Å². The molecule has 0 radical (unpaired) electrons. The van der Waals surface area contributed by atoms with Gasteiger partial charge in [0.2, 0.25) is 0 Å². The Labute approximate surface area is 96.5 Å². The summed E-state index contributed by atoms with van der Waals surface area (Å²) in [6, 6.07) is 13.2. The van der Waals surface area contributed by atoms with Gasteiger partial charge >= 0.3 is 0 Å². The van der Waals surface area contributed by atoms with Crippen LogP contribution in [0.4, 0.5) is 0 Å². The maximum Gasteiger partial charge on any atom is 0.185 e. The van der Waals surface area contributed by atoms with E-state index >= 15 is 0 Å². The first-order chi connectivity index (χ1) is 7.84. The van der Waals surface area contributed by atoms with Crippen molar-refractivity contribution in [3.8, 4) is 11.4 Å². The molecule has 16 heavy (non-hydrogen) atoms. The van der Waals surface area contributed by atoms with E-state index in [0.29, 0.717) is 16.6 Å². The molecule has 0 spiro atoms. The minimum Gasteiger partial charge on any atom is -0.191 e. The molecule has 0 aliphatic rings. The molecule has 0 aliphatic heterocycles. The zero-order valence-corrected chi connectivity index (χ0v) is 8.96. The number of benzene rings is 1. The molecule has 0 N–H and O–H groups in total. The third-order valence-electron chi connectivity index (χ3n) is 2.26. The lowest BCUT2D eigenvalue weighted by atomic mass is 10.2. The molecule has 3 rings (SSSR count). The lowest BCUT2D eigenvalue weighted by Crippen LogP contribution is -1.94. The van der Waals surface area contributed by atoms with Crippen LogP contribution < -0.4 is 0 Å². The molecule has 0 fully saturated rings. The molecule has 0 bridgehead atoms. The van der Waals surface area contributed by atoms with E-state index in [2.05, 4.69) is 15.3 Å². The number of hydrogen-bond acceptors (Lipinski definition) is 3. The maximum atomic E-state index is 5.85. The fraction of sp³-hybridized carbons (Fsp3) is 0. The highest BCUT2D eigenvalue weighted by Gasteiger charge is 2.08. The zero-order valence-electron chi connectivity index (χ0n) is 8.21. The summed E-state index contributed by atoms with van der Waals surface area (Å²) < 4.78 is 1.64. The number of rotatable bonds is 1. The second kappa shape index (κ2) is 3.57. The molecular formula is C11H7ClN4. The molecule has 0 unspecified atom stereocenters. The van der Waals surface area contributed by atoms with Crippen LogP contribution in [0, 0.1) is 0 Å². The Balaban J connectivity index is 2.29. The maximum absolute atomic E-state index is 5.85. The number of nitrogens with zero attached hydrogens (tertiary/aromatic N) is 4. The summed E-state index contributed by atoms with van der Waals surface area (Å²) in [7, 11) is 0. The van der Waals surface area contributed by atoms with E-state index in [1.54, 1.807) is 16.6 Å². The second-order valence-corrected chi connectivity index (χ2v) is 3.70. The van der Waals surface area contributed by atoms with Crippen LogP contribution in [0.2, 0.25) is 5.15 Å². The summed E-state index contributed by atoms with van der Waals surface area (Å²) in [6.07, 6.45) is 0. The Morgan fingerprint density at radius 1 is 0.938 bits per heavy atom. The first-order valence-corrected chi connectivity index (χ1v) is 5.16. The van der Waals surface area contributed by atoms with Gasteiger partial charge in [0.15, 0.2) is 11.5 Å². The van der Waals surface area contributed by atoms with Gasteiger partial charge in [-0.25, -0.2) is 0 Å². The van der Waals surface area contributed by atoms with Crippen molar-refractivity contribution in [1.82, 2.24) is 19.8 Å². The molecule has 0 saturated heterocycles. The monoisotopic (exact) mass is 230 g/mol. The van der Waals surface area contributed by atoms with Crippen LogP contribution in [0.15, 0.2) is 42.5 Å². The number of hydrogen-bond donors (Lipinski definition) is 0. The SMILES string of the molecule is Clc1ccc2nnc(-c3ccccc3)n2n1. The fourth-order valence-corrected chi connectivity index (χ4v) is 1.67. The molecule has 0 atom stereocenters. The number of halogens is 1. The second-order valence-electron chi connectivity index (χ2n) is 3.32. The molecule has 0 aliphatic carbocycles. The summed E-state index contributed by atoms with van der Waals surface area (Å²) >= 11 is 5.85. The van der Waals surface area contributed by atoms with Crippen molar-refractivity contribution in [3.63, 3.8) is 0 Å². The quantitative estimate of drug-likeness (QED) is 0.645. The smallest absolute Gasteiger partial charge is 0.185 e. The molecule has 5 heteroatoms. The van der Waals surface area contributed by atoms with Gasteiger partial charge in [-0.1, -0.05) is 41.9 Å². The summed E-state index contributed by atoms with van der Waals surface area (Å²) in [6.45, 7) is 0. The van der Waals surface area contributed by atoms with Crippen LogP contribution in [0.25, 0.3) is 17.0 Å². The lowest BCUT2D eigenvalue weighted by molar-refractivity contribution is 0.936. The molecular weight excluding hydrogens is 224 g/mol. The van der Waals surface area contributed by atoms with Gasteiger partial charge in [0, 0.05) is 5.56 Å². The molecule has 1 aromatic carbocycles. The topological polar surface area (TPSA) is 43.1 Å². The highest BCUT2D eigenvalue weighted by atomic mass is 35.5. The third kappa shape index (κ3) is 1.44.